The van der Waals surface area contributed by atoms with Gasteiger partial charge in [-0.25, -0.2) is 0 Å². The van der Waals surface area contributed by atoms with E-state index in [2.05, 4.69) is 15.0 Å². The molecule has 6 heteroatoms. The van der Waals surface area contributed by atoms with Crippen molar-refractivity contribution in [2.45, 2.75) is 19.3 Å². The average molecular weight is 292 g/mol. The van der Waals surface area contributed by atoms with Gasteiger partial charge in [-0.05, 0) is 31.4 Å². The number of hydrogen-bond acceptors (Lipinski definition) is 3. The molecule has 2 heterocycles. The molecule has 1 aromatic rings. The van der Waals surface area contributed by atoms with E-state index in [1.54, 1.807) is 13.3 Å². The van der Waals surface area contributed by atoms with Crippen molar-refractivity contribution in [1.29, 1.82) is 0 Å². The van der Waals surface area contributed by atoms with Crippen molar-refractivity contribution in [1.82, 2.24) is 9.88 Å². The van der Waals surface area contributed by atoms with E-state index in [0.717, 1.165) is 24.6 Å². The van der Waals surface area contributed by atoms with Gasteiger partial charge in [0.1, 0.15) is 12.8 Å². The predicted octanol–water partition coefficient (Wildman–Crippen LogP) is 2.72. The number of piperidine rings is 1. The van der Waals surface area contributed by atoms with Crippen molar-refractivity contribution >= 4 is 30.6 Å². The molecule has 1 saturated heterocycles. The van der Waals surface area contributed by atoms with Gasteiger partial charge < -0.3 is 9.74 Å². The zero-order valence-corrected chi connectivity index (χ0v) is 12.0. The Kier molecular flexibility index (Phi) is 8.50. The van der Waals surface area contributed by atoms with E-state index in [9.17, 15) is 0 Å². The molecule has 1 aromatic heterocycles. The molecule has 0 spiro atoms. The maximum Gasteiger partial charge on any atom is 0.194 e. The van der Waals surface area contributed by atoms with Crippen LogP contribution in [0.4, 0.5) is 0 Å². The van der Waals surface area contributed by atoms with Crippen molar-refractivity contribution in [2.24, 2.45) is 5.16 Å². The molecule has 0 aromatic carbocycles. The highest BCUT2D eigenvalue weighted by molar-refractivity contribution is 5.96. The molecular weight excluding hydrogens is 273 g/mol. The molecule has 1 aliphatic heterocycles. The quantitative estimate of drug-likeness (QED) is 0.478. The van der Waals surface area contributed by atoms with E-state index >= 15 is 0 Å². The van der Waals surface area contributed by atoms with Crippen LogP contribution >= 0.6 is 24.8 Å². The standard InChI is InChI=1S/C12H17N3O.2ClH/c1-16-14-12(11-7-3-4-8-13-11)15-9-5-2-6-10-15;;/h3-4,7-8H,2,5-6,9-10H2,1H3;2*1H. The number of likely N-dealkylation sites (tertiary alicyclic amines) is 1. The summed E-state index contributed by atoms with van der Waals surface area (Å²) in [4.78, 5) is 11.5. The minimum Gasteiger partial charge on any atom is -0.397 e. The number of hydrogen-bond donors (Lipinski definition) is 0. The first-order valence-corrected chi connectivity index (χ1v) is 5.69. The first kappa shape index (κ1) is 17.0. The number of oxime groups is 1. The van der Waals surface area contributed by atoms with E-state index in [0.29, 0.717) is 0 Å². The van der Waals surface area contributed by atoms with E-state index in [-0.39, 0.29) is 24.8 Å². The molecule has 0 N–H and O–H groups in total. The predicted molar refractivity (Wildman–Crippen MR) is 77.7 cm³/mol. The van der Waals surface area contributed by atoms with Gasteiger partial charge in [0.25, 0.3) is 0 Å². The van der Waals surface area contributed by atoms with Gasteiger partial charge in [-0.3, -0.25) is 4.98 Å². The highest BCUT2D eigenvalue weighted by Crippen LogP contribution is 2.12. The molecule has 102 valence electrons. The summed E-state index contributed by atoms with van der Waals surface area (Å²) in [6.45, 7) is 2.08. The summed E-state index contributed by atoms with van der Waals surface area (Å²) in [7, 11) is 1.58. The second kappa shape index (κ2) is 9.00. The number of aromatic nitrogens is 1. The summed E-state index contributed by atoms with van der Waals surface area (Å²) in [6, 6.07) is 5.84. The third-order valence-electron chi connectivity index (χ3n) is 2.73. The number of amidine groups is 1. The van der Waals surface area contributed by atoms with E-state index in [4.69, 9.17) is 4.84 Å². The van der Waals surface area contributed by atoms with Crippen molar-refractivity contribution in [3.63, 3.8) is 0 Å². The van der Waals surface area contributed by atoms with Crippen LogP contribution in [-0.4, -0.2) is 35.9 Å². The third-order valence-corrected chi connectivity index (χ3v) is 2.73. The monoisotopic (exact) mass is 291 g/mol. The molecule has 0 bridgehead atoms. The van der Waals surface area contributed by atoms with Gasteiger partial charge in [0, 0.05) is 19.3 Å². The molecule has 0 amide bonds. The summed E-state index contributed by atoms with van der Waals surface area (Å²) in [5.74, 6) is 0.850. The Morgan fingerprint density at radius 1 is 1.22 bits per heavy atom. The van der Waals surface area contributed by atoms with Crippen LogP contribution in [0.3, 0.4) is 0 Å². The van der Waals surface area contributed by atoms with Crippen LogP contribution in [0.25, 0.3) is 0 Å². The summed E-state index contributed by atoms with van der Waals surface area (Å²) < 4.78 is 0. The SMILES string of the molecule is CON=C(c1ccccn1)N1CCCCC1.Cl.Cl. The molecule has 1 aliphatic rings. The van der Waals surface area contributed by atoms with Crippen molar-refractivity contribution < 1.29 is 4.84 Å². The van der Waals surface area contributed by atoms with Crippen LogP contribution < -0.4 is 0 Å². The molecule has 1 fully saturated rings. The lowest BCUT2D eigenvalue weighted by Gasteiger charge is -2.28. The summed E-state index contributed by atoms with van der Waals surface area (Å²) in [6.07, 6.45) is 5.52. The van der Waals surface area contributed by atoms with E-state index < -0.39 is 0 Å². The Morgan fingerprint density at radius 3 is 2.50 bits per heavy atom. The first-order valence-electron chi connectivity index (χ1n) is 5.69. The molecule has 0 radical (unpaired) electrons. The van der Waals surface area contributed by atoms with E-state index in [1.165, 1.54) is 19.3 Å². The minimum absolute atomic E-state index is 0. The zero-order chi connectivity index (χ0) is 11.2. The second-order valence-corrected chi connectivity index (χ2v) is 3.86. The van der Waals surface area contributed by atoms with Crippen LogP contribution in [0.2, 0.25) is 0 Å². The van der Waals surface area contributed by atoms with Gasteiger partial charge >= 0.3 is 0 Å². The minimum atomic E-state index is 0. The van der Waals surface area contributed by atoms with Gasteiger partial charge in [0.15, 0.2) is 5.84 Å². The molecule has 2 rings (SSSR count). The van der Waals surface area contributed by atoms with Gasteiger partial charge in [-0.2, -0.15) is 0 Å². The zero-order valence-electron chi connectivity index (χ0n) is 10.4. The number of rotatable bonds is 2. The van der Waals surface area contributed by atoms with Gasteiger partial charge in [0.05, 0.1) is 0 Å². The average Bonchev–Trinajstić information content (AvgIpc) is 2.38. The number of pyridine rings is 1. The lowest BCUT2D eigenvalue weighted by atomic mass is 10.1. The van der Waals surface area contributed by atoms with Crippen LogP contribution in [0.1, 0.15) is 25.0 Å². The van der Waals surface area contributed by atoms with Gasteiger partial charge in [-0.15, -0.1) is 24.8 Å². The Balaban J connectivity index is 0.00000144. The van der Waals surface area contributed by atoms with Crippen LogP contribution in [-0.2, 0) is 4.84 Å². The molecule has 0 aliphatic carbocycles. The van der Waals surface area contributed by atoms with E-state index in [1.807, 2.05) is 18.2 Å². The maximum absolute atomic E-state index is 4.92. The number of nitrogens with zero attached hydrogens (tertiary/aromatic N) is 3. The highest BCUT2D eigenvalue weighted by atomic mass is 35.5. The third kappa shape index (κ3) is 4.35. The molecule has 4 nitrogen and oxygen atoms in total. The second-order valence-electron chi connectivity index (χ2n) is 3.86. The molecule has 18 heavy (non-hydrogen) atoms. The summed E-state index contributed by atoms with van der Waals surface area (Å²) in [5, 5.41) is 4.10. The van der Waals surface area contributed by atoms with Crippen molar-refractivity contribution in [3.8, 4) is 0 Å². The Labute approximate surface area is 120 Å². The van der Waals surface area contributed by atoms with Crippen LogP contribution in [0.5, 0.6) is 0 Å². The molecule has 0 saturated carbocycles. The van der Waals surface area contributed by atoms with Crippen LogP contribution in [0, 0.1) is 0 Å². The Morgan fingerprint density at radius 2 is 1.94 bits per heavy atom. The largest absolute Gasteiger partial charge is 0.397 e. The number of halogens is 2. The maximum atomic E-state index is 4.92. The topological polar surface area (TPSA) is 37.7 Å². The fourth-order valence-corrected chi connectivity index (χ4v) is 1.95. The summed E-state index contributed by atoms with van der Waals surface area (Å²) >= 11 is 0. The fraction of sp³-hybridized carbons (Fsp3) is 0.500. The van der Waals surface area contributed by atoms with Gasteiger partial charge in [0.2, 0.25) is 0 Å². The summed E-state index contributed by atoms with van der Waals surface area (Å²) in [5.41, 5.74) is 0.881. The molecular formula is C12H19Cl2N3O. The fourth-order valence-electron chi connectivity index (χ4n) is 1.95. The van der Waals surface area contributed by atoms with Crippen molar-refractivity contribution in [3.05, 3.63) is 30.1 Å². The highest BCUT2D eigenvalue weighted by Gasteiger charge is 2.17. The van der Waals surface area contributed by atoms with Crippen LogP contribution in [0.15, 0.2) is 29.6 Å². The Hall–Kier alpha value is -1.00. The van der Waals surface area contributed by atoms with Crippen molar-refractivity contribution in [2.75, 3.05) is 20.2 Å². The lowest BCUT2D eigenvalue weighted by molar-refractivity contribution is 0.202. The molecule has 0 atom stereocenters. The lowest BCUT2D eigenvalue weighted by Crippen LogP contribution is -2.36. The normalized spacial score (nSPS) is 15.4. The molecule has 0 unspecified atom stereocenters. The Bertz CT molecular complexity index is 354. The van der Waals surface area contributed by atoms with Gasteiger partial charge in [-0.1, -0.05) is 11.2 Å². The smallest absolute Gasteiger partial charge is 0.194 e. The first-order chi connectivity index (χ1) is 7.92.